The highest BCUT2D eigenvalue weighted by Gasteiger charge is 2.10. The van der Waals surface area contributed by atoms with Crippen molar-refractivity contribution in [2.45, 2.75) is 27.7 Å². The second-order valence-corrected chi connectivity index (χ2v) is 3.29. The number of carbonyl (C=O) groups excluding carboxylic acids is 2. The van der Waals surface area contributed by atoms with E-state index in [2.05, 4.69) is 5.32 Å². The Morgan fingerprint density at radius 1 is 1.25 bits per heavy atom. The number of ketones is 1. The lowest BCUT2D eigenvalue weighted by Gasteiger charge is -2.07. The average Bonchev–Trinajstić information content (AvgIpc) is 2.01. The summed E-state index contributed by atoms with van der Waals surface area (Å²) in [4.78, 5) is 22.5. The van der Waals surface area contributed by atoms with Crippen molar-refractivity contribution in [2.24, 2.45) is 11.8 Å². The summed E-state index contributed by atoms with van der Waals surface area (Å²) in [5, 5.41) is 2.08. The minimum absolute atomic E-state index is 0.329. The Balaban J connectivity index is 4.49. The molecule has 3 nitrogen and oxygen atoms in total. The molecule has 0 aromatic carbocycles. The zero-order valence-corrected chi connectivity index (χ0v) is 7.97. The van der Waals surface area contributed by atoms with Crippen molar-refractivity contribution in [2.75, 3.05) is 6.50 Å². The first kappa shape index (κ1) is 7.77. The van der Waals surface area contributed by atoms with E-state index in [1.807, 2.05) is 0 Å². The van der Waals surface area contributed by atoms with E-state index in [0.29, 0.717) is 0 Å². The molecular formula is C9H17NO2. The largest absolute Gasteiger partial charge is 0.349 e. The smallest absolute Gasteiger partial charge is 0.222 e. The Morgan fingerprint density at radius 3 is 2.08 bits per heavy atom. The van der Waals surface area contributed by atoms with Crippen LogP contribution in [0.4, 0.5) is 0 Å². The first-order valence-corrected chi connectivity index (χ1v) is 4.04. The van der Waals surface area contributed by atoms with Crippen LogP contribution in [-0.4, -0.2) is 18.2 Å². The molecule has 0 saturated heterocycles. The molecule has 0 saturated carbocycles. The number of hydrogen-bond acceptors (Lipinski definition) is 2. The van der Waals surface area contributed by atoms with E-state index >= 15 is 0 Å². The molecule has 0 aromatic rings. The van der Waals surface area contributed by atoms with E-state index < -0.39 is 24.1 Å². The van der Waals surface area contributed by atoms with Crippen LogP contribution in [0.5, 0.6) is 0 Å². The molecule has 70 valence electrons. The molecule has 0 spiro atoms. The normalized spacial score (nSPS) is 14.2. The van der Waals surface area contributed by atoms with Gasteiger partial charge in [0.2, 0.25) is 5.91 Å². The van der Waals surface area contributed by atoms with Crippen LogP contribution in [-0.2, 0) is 9.59 Å². The molecule has 0 heterocycles. The minimum atomic E-state index is -2.25. The molecule has 0 fully saturated rings. The Kier molecular flexibility index (Phi) is 3.18. The molecular weight excluding hydrogens is 160 g/mol. The average molecular weight is 179 g/mol. The lowest BCUT2D eigenvalue weighted by atomic mass is 10.1. The van der Waals surface area contributed by atoms with Crippen molar-refractivity contribution < 1.29 is 12.3 Å². The van der Waals surface area contributed by atoms with E-state index in [0.717, 1.165) is 0 Å². The summed E-state index contributed by atoms with van der Waals surface area (Å²) in [6.07, 6.45) is 0. The number of rotatable bonds is 4. The van der Waals surface area contributed by atoms with Crippen molar-refractivity contribution in [1.29, 1.82) is 0 Å². The van der Waals surface area contributed by atoms with Gasteiger partial charge in [-0.05, 0) is 0 Å². The summed E-state index contributed by atoms with van der Waals surface area (Å²) in [5.41, 5.74) is 0. The van der Waals surface area contributed by atoms with Gasteiger partial charge in [-0.1, -0.05) is 27.7 Å². The molecule has 0 rings (SSSR count). The fourth-order valence-corrected chi connectivity index (χ4v) is 0.412. The molecule has 0 unspecified atom stereocenters. The summed E-state index contributed by atoms with van der Waals surface area (Å²) in [7, 11) is 0. The Labute approximate surface area is 76.3 Å². The van der Waals surface area contributed by atoms with E-state index in [1.54, 1.807) is 27.7 Å². The van der Waals surface area contributed by atoms with Crippen LogP contribution in [0.25, 0.3) is 0 Å². The van der Waals surface area contributed by atoms with Crippen LogP contribution in [0, 0.1) is 11.8 Å². The van der Waals surface area contributed by atoms with Gasteiger partial charge < -0.3 is 5.32 Å². The highest BCUT2D eigenvalue weighted by Crippen LogP contribution is 1.94. The molecule has 0 aliphatic heterocycles. The maximum absolute atomic E-state index is 11.3. The van der Waals surface area contributed by atoms with E-state index in [4.69, 9.17) is 2.74 Å². The van der Waals surface area contributed by atoms with E-state index in [9.17, 15) is 9.59 Å². The van der Waals surface area contributed by atoms with Crippen molar-refractivity contribution in [3.8, 4) is 0 Å². The van der Waals surface area contributed by atoms with Crippen LogP contribution in [0.2, 0.25) is 0 Å². The van der Waals surface area contributed by atoms with Crippen LogP contribution in [0.15, 0.2) is 0 Å². The first-order valence-electron chi connectivity index (χ1n) is 5.04. The van der Waals surface area contributed by atoms with Gasteiger partial charge in [0.15, 0.2) is 5.78 Å². The van der Waals surface area contributed by atoms with Gasteiger partial charge in [-0.2, -0.15) is 0 Å². The summed E-state index contributed by atoms with van der Waals surface area (Å²) in [6.45, 7) is 4.23. The molecule has 1 amide bonds. The third kappa shape index (κ3) is 4.11. The maximum atomic E-state index is 11.3. The van der Waals surface area contributed by atoms with E-state index in [-0.39, 0.29) is 5.92 Å². The molecule has 1 N–H and O–H groups in total. The lowest BCUT2D eigenvalue weighted by molar-refractivity contribution is -0.128. The van der Waals surface area contributed by atoms with Gasteiger partial charge >= 0.3 is 0 Å². The maximum Gasteiger partial charge on any atom is 0.222 e. The number of carbonyl (C=O) groups is 2. The summed E-state index contributed by atoms with van der Waals surface area (Å²) >= 11 is 0. The van der Waals surface area contributed by atoms with Crippen LogP contribution in [0.1, 0.15) is 30.4 Å². The molecule has 0 aliphatic carbocycles. The SMILES string of the molecule is [2H]C([2H])([15NH][13C](=[18O])C(C)C)C(=[18O])C(C)C. The van der Waals surface area contributed by atoms with Gasteiger partial charge in [-0.25, -0.2) is 0 Å². The molecule has 0 aromatic heterocycles. The molecule has 12 heavy (non-hydrogen) atoms. The quantitative estimate of drug-likeness (QED) is 0.397. The third-order valence-electron chi connectivity index (χ3n) is 1.36. The molecule has 0 radical (unpaired) electrons. The highest BCUT2D eigenvalue weighted by atomic mass is 18.1. The summed E-state index contributed by atoms with van der Waals surface area (Å²) in [5.74, 6) is -1.82. The standard InChI is InChI=1S/C9H17NO2/c1-6(2)8(11)5-10-9(12)7(3)4/h6-7H,5H2,1-4H3,(H,10,12)/i5D2,9+1,10+1,11+2,12+2. The predicted molar refractivity (Wildman–Crippen MR) is 47.7 cm³/mol. The van der Waals surface area contributed by atoms with Crippen LogP contribution >= 0.6 is 0 Å². The number of nitrogens with one attached hydrogen (secondary N) is 1. The second kappa shape index (κ2) is 4.91. The van der Waals surface area contributed by atoms with Crippen molar-refractivity contribution >= 4 is 11.7 Å². The first-order chi connectivity index (χ1) is 6.18. The predicted octanol–water partition coefficient (Wildman–Crippen LogP) is 0.984. The van der Waals surface area contributed by atoms with Gasteiger partial charge in [0, 0.05) is 11.8 Å². The van der Waals surface area contributed by atoms with E-state index in [1.165, 1.54) is 0 Å². The van der Waals surface area contributed by atoms with Gasteiger partial charge in [-0.15, -0.1) is 0 Å². The lowest BCUT2D eigenvalue weighted by Crippen LogP contribution is -2.34. The molecule has 0 aliphatic rings. The Morgan fingerprint density at radius 2 is 1.75 bits per heavy atom. The number of hydrogen-bond donors (Lipinski definition) is 1. The fraction of sp³-hybridized carbons (Fsp3) is 0.778. The van der Waals surface area contributed by atoms with Gasteiger partial charge in [0.05, 0.1) is 9.24 Å². The van der Waals surface area contributed by atoms with Crippen LogP contribution < -0.4 is 5.32 Å². The van der Waals surface area contributed by atoms with Crippen LogP contribution in [0.3, 0.4) is 0 Å². The second-order valence-electron chi connectivity index (χ2n) is 3.29. The number of Topliss-reactive ketones (excluding diaryl/α,β-unsaturated/α-hetero) is 1. The highest BCUT2D eigenvalue weighted by molar-refractivity contribution is 5.87. The third-order valence-corrected chi connectivity index (χ3v) is 1.36. The minimum Gasteiger partial charge on any atom is -0.349 e. The van der Waals surface area contributed by atoms with Gasteiger partial charge in [0.25, 0.3) is 0 Å². The molecule has 3 heteroatoms. The molecule has 0 atom stereocenters. The molecule has 0 bridgehead atoms. The number of amides is 1. The van der Waals surface area contributed by atoms with Gasteiger partial charge in [-0.3, -0.25) is 9.59 Å². The monoisotopic (exact) mass is 179 g/mol. The zero-order chi connectivity index (χ0) is 11.5. The fourth-order valence-electron chi connectivity index (χ4n) is 0.412. The van der Waals surface area contributed by atoms with Gasteiger partial charge in [0.1, 0.15) is 0 Å². The van der Waals surface area contributed by atoms with Crippen molar-refractivity contribution in [1.82, 2.24) is 5.32 Å². The Hall–Kier alpha value is -0.860. The summed E-state index contributed by atoms with van der Waals surface area (Å²) < 4.78 is 14.7. The summed E-state index contributed by atoms with van der Waals surface area (Å²) in [6, 6.07) is 0. The van der Waals surface area contributed by atoms with Crippen molar-refractivity contribution in [3.05, 3.63) is 0 Å². The topological polar surface area (TPSA) is 46.2 Å². The zero-order valence-electron chi connectivity index (χ0n) is 9.97. The van der Waals surface area contributed by atoms with Crippen molar-refractivity contribution in [3.63, 3.8) is 0 Å². The Bertz CT molecular complexity index is 237.